The molecule has 0 heterocycles. The molecule has 0 radical (unpaired) electrons. The second kappa shape index (κ2) is 17.9. The summed E-state index contributed by atoms with van der Waals surface area (Å²) in [5.74, 6) is 0. The molecule has 0 aliphatic carbocycles. The number of hydrogen-bond acceptors (Lipinski definition) is 12. The van der Waals surface area contributed by atoms with Crippen molar-refractivity contribution in [3.8, 4) is 0 Å². The van der Waals surface area contributed by atoms with Gasteiger partial charge in [-0.05, 0) is 22.3 Å². The van der Waals surface area contributed by atoms with Crippen molar-refractivity contribution in [1.29, 1.82) is 0 Å². The van der Waals surface area contributed by atoms with E-state index in [1.807, 2.05) is 24.3 Å². The van der Waals surface area contributed by atoms with Crippen LogP contribution in [0, 0.1) is 0 Å². The Hall–Kier alpha value is -3.06. The van der Waals surface area contributed by atoms with Gasteiger partial charge in [0.1, 0.15) is 26.4 Å². The van der Waals surface area contributed by atoms with Crippen LogP contribution in [0.4, 0.5) is 0 Å². The molecule has 0 unspecified atom stereocenters. The number of hydrogen-bond donors (Lipinski definition) is 0. The number of phosphoric acid groups is 2. The molecule has 0 bridgehead atoms. The summed E-state index contributed by atoms with van der Waals surface area (Å²) in [6, 6.07) is 35.7. The third-order valence-electron chi connectivity index (χ3n) is 5.27. The lowest BCUT2D eigenvalue weighted by Crippen LogP contribution is -2.08. The van der Waals surface area contributed by atoms with E-state index in [-0.39, 0.29) is 26.4 Å². The summed E-state index contributed by atoms with van der Waals surface area (Å²) in [4.78, 5) is 20.3. The monoisotopic (exact) mass is 632 g/mol. The molecule has 0 aliphatic rings. The van der Waals surface area contributed by atoms with Crippen LogP contribution in [0.5, 0.6) is 0 Å². The van der Waals surface area contributed by atoms with Gasteiger partial charge in [0, 0.05) is 0 Å². The van der Waals surface area contributed by atoms with E-state index < -0.39 is 22.4 Å². The van der Waals surface area contributed by atoms with Gasteiger partial charge in [-0.2, -0.15) is 0 Å². The van der Waals surface area contributed by atoms with Crippen LogP contribution in [0.3, 0.4) is 0 Å². The van der Waals surface area contributed by atoms with Crippen LogP contribution in [-0.4, -0.2) is 6.79 Å². The first-order valence-electron chi connectivity index (χ1n) is 12.9. The molecule has 0 fully saturated rings. The van der Waals surface area contributed by atoms with Gasteiger partial charge in [-0.15, -0.1) is 18.7 Å². The molecule has 0 amide bonds. The van der Waals surface area contributed by atoms with Gasteiger partial charge < -0.3 is 0 Å². The van der Waals surface area contributed by atoms with E-state index in [1.54, 1.807) is 97.1 Å². The quantitative estimate of drug-likeness (QED) is 0.0408. The van der Waals surface area contributed by atoms with E-state index in [4.69, 9.17) is 47.3 Å². The van der Waals surface area contributed by atoms with Crippen molar-refractivity contribution in [2.24, 2.45) is 0 Å². The summed E-state index contributed by atoms with van der Waals surface area (Å²) in [5, 5.41) is 0. The minimum absolute atomic E-state index is 0.0948. The maximum atomic E-state index is 13.2. The Labute approximate surface area is 248 Å². The molecule has 228 valence electrons. The maximum Gasteiger partial charge on any atom is 0.531 e. The normalized spacial score (nSPS) is 11.9. The van der Waals surface area contributed by atoms with Gasteiger partial charge in [0.05, 0.1) is 0 Å². The Morgan fingerprint density at radius 1 is 0.372 bits per heavy atom. The average molecular weight is 632 g/mol. The highest BCUT2D eigenvalue weighted by molar-refractivity contribution is 7.48. The predicted molar refractivity (Wildman–Crippen MR) is 152 cm³/mol. The molecular weight excluding hydrogens is 602 g/mol. The summed E-state index contributed by atoms with van der Waals surface area (Å²) >= 11 is 0. The summed E-state index contributed by atoms with van der Waals surface area (Å²) in [7, 11) is -9.22. The molecule has 0 saturated heterocycles. The minimum atomic E-state index is -4.61. The van der Waals surface area contributed by atoms with Gasteiger partial charge in [-0.1, -0.05) is 121 Å². The van der Waals surface area contributed by atoms with E-state index in [2.05, 4.69) is 0 Å². The van der Waals surface area contributed by atoms with Crippen molar-refractivity contribution in [2.45, 2.75) is 26.4 Å². The largest absolute Gasteiger partial charge is 0.531 e. The van der Waals surface area contributed by atoms with Gasteiger partial charge in [0.2, 0.25) is 0 Å². The summed E-state index contributed by atoms with van der Waals surface area (Å²) in [6.45, 7) is -1.38. The topological polar surface area (TPSA) is 126 Å². The highest BCUT2D eigenvalue weighted by atomic mass is 31.2. The fourth-order valence-electron chi connectivity index (χ4n) is 3.20. The van der Waals surface area contributed by atoms with Crippen LogP contribution in [0.2, 0.25) is 0 Å². The number of rotatable bonds is 20. The summed E-state index contributed by atoms with van der Waals surface area (Å²) in [5.41, 5.74) is 2.86. The van der Waals surface area contributed by atoms with Crippen LogP contribution in [0.25, 0.3) is 0 Å². The summed E-state index contributed by atoms with van der Waals surface area (Å²) < 4.78 is 56.5. The predicted octanol–water partition coefficient (Wildman–Crippen LogP) is 7.79. The van der Waals surface area contributed by atoms with Gasteiger partial charge >= 0.3 is 15.6 Å². The van der Waals surface area contributed by atoms with E-state index >= 15 is 0 Å². The highest BCUT2D eigenvalue weighted by Crippen LogP contribution is 2.54. The highest BCUT2D eigenvalue weighted by Gasteiger charge is 2.36. The van der Waals surface area contributed by atoms with Gasteiger partial charge in [-0.3, -0.25) is 9.05 Å². The fraction of sp³-hybridized carbons (Fsp3) is 0.172. The van der Waals surface area contributed by atoms with E-state index in [0.29, 0.717) is 22.3 Å². The molecule has 0 spiro atoms. The van der Waals surface area contributed by atoms with E-state index in [9.17, 15) is 9.13 Å². The van der Waals surface area contributed by atoms with Crippen LogP contribution in [0.15, 0.2) is 121 Å². The van der Waals surface area contributed by atoms with Crippen LogP contribution >= 0.6 is 15.6 Å². The fourth-order valence-corrected chi connectivity index (χ4v) is 4.59. The molecule has 0 aromatic heterocycles. The molecule has 0 aliphatic heterocycles. The first kappa shape index (κ1) is 32.8. The van der Waals surface area contributed by atoms with Crippen molar-refractivity contribution >= 4 is 15.6 Å². The molecule has 43 heavy (non-hydrogen) atoms. The molecule has 0 saturated carbocycles. The molecular formula is C29H30O12P2. The van der Waals surface area contributed by atoms with Crippen molar-refractivity contribution < 1.29 is 56.4 Å². The van der Waals surface area contributed by atoms with Gasteiger partial charge in [0.25, 0.3) is 0 Å². The van der Waals surface area contributed by atoms with Gasteiger partial charge in [0.15, 0.2) is 6.79 Å². The smallest absolute Gasteiger partial charge is 0.256 e. The Bertz CT molecular complexity index is 1200. The Kier molecular flexibility index (Phi) is 13.7. The third kappa shape index (κ3) is 12.6. The first-order valence-corrected chi connectivity index (χ1v) is 15.8. The van der Waals surface area contributed by atoms with E-state index in [1.165, 1.54) is 0 Å². The average Bonchev–Trinajstić information content (AvgIpc) is 3.03. The summed E-state index contributed by atoms with van der Waals surface area (Å²) in [6.07, 6.45) is 0. The standard InChI is InChI=1S/C29H30O12P2/c30-42(38-32-21-26-13-5-1-6-14-26,39-33-22-27-15-7-2-8-16-27)36-25-37-43(31,40-34-23-28-17-9-3-10-18-28)41-35-24-29-19-11-4-12-20-29/h1-20H,21-25H2. The lowest BCUT2D eigenvalue weighted by Gasteiger charge is -2.18. The van der Waals surface area contributed by atoms with Crippen molar-refractivity contribution in [1.82, 2.24) is 0 Å². The second-order valence-corrected chi connectivity index (χ2v) is 11.5. The molecule has 12 nitrogen and oxygen atoms in total. The molecule has 14 heteroatoms. The Balaban J connectivity index is 1.34. The second-order valence-electron chi connectivity index (χ2n) is 8.56. The lowest BCUT2D eigenvalue weighted by molar-refractivity contribution is -0.301. The third-order valence-corrected chi connectivity index (χ3v) is 7.27. The molecule has 4 aromatic rings. The zero-order valence-electron chi connectivity index (χ0n) is 22.9. The zero-order chi connectivity index (χ0) is 30.1. The number of benzene rings is 4. The zero-order valence-corrected chi connectivity index (χ0v) is 24.7. The minimum Gasteiger partial charge on any atom is -0.256 e. The maximum absolute atomic E-state index is 13.2. The van der Waals surface area contributed by atoms with Gasteiger partial charge in [-0.25, -0.2) is 28.7 Å². The Morgan fingerprint density at radius 2 is 0.605 bits per heavy atom. The Morgan fingerprint density at radius 3 is 0.837 bits per heavy atom. The van der Waals surface area contributed by atoms with Crippen molar-refractivity contribution in [3.63, 3.8) is 0 Å². The molecule has 4 aromatic carbocycles. The first-order chi connectivity index (χ1) is 21.0. The lowest BCUT2D eigenvalue weighted by atomic mass is 10.2. The van der Waals surface area contributed by atoms with Crippen molar-refractivity contribution in [2.75, 3.05) is 6.79 Å². The van der Waals surface area contributed by atoms with Crippen LogP contribution in [0.1, 0.15) is 22.3 Å². The molecule has 0 N–H and O–H groups in total. The van der Waals surface area contributed by atoms with E-state index in [0.717, 1.165) is 0 Å². The SMILES string of the molecule is O=P(OCOP(=O)(OOCc1ccccc1)OOCc1ccccc1)(OOCc1ccccc1)OOCc1ccccc1. The van der Waals surface area contributed by atoms with Crippen molar-refractivity contribution in [3.05, 3.63) is 144 Å². The van der Waals surface area contributed by atoms with Crippen LogP contribution in [-0.2, 0) is 82.9 Å². The molecule has 0 atom stereocenters. The van der Waals surface area contributed by atoms with Crippen LogP contribution < -0.4 is 0 Å². The molecule has 4 rings (SSSR count).